The molecule has 1 aliphatic rings. The van der Waals surface area contributed by atoms with E-state index in [0.29, 0.717) is 59.2 Å². The smallest absolute Gasteiger partial charge is 0.267 e. The Hall–Kier alpha value is -2.27. The number of carbonyl (C=O) groups is 1. The van der Waals surface area contributed by atoms with Gasteiger partial charge in [-0.1, -0.05) is 30.0 Å². The molecule has 2 aromatic heterocycles. The van der Waals surface area contributed by atoms with Crippen molar-refractivity contribution in [1.29, 1.82) is 0 Å². The fourth-order valence-corrected chi connectivity index (χ4v) is 4.35. The number of rotatable bonds is 10. The van der Waals surface area contributed by atoms with Gasteiger partial charge in [0.2, 0.25) is 0 Å². The van der Waals surface area contributed by atoms with E-state index in [0.717, 1.165) is 12.0 Å². The first-order valence-electron chi connectivity index (χ1n) is 10.0. The number of carbonyl (C=O) groups excluding carboxylic acids is 1. The molecule has 0 spiro atoms. The van der Waals surface area contributed by atoms with Crippen LogP contribution in [0.5, 0.6) is 0 Å². The minimum Gasteiger partial charge on any atom is -0.383 e. The lowest BCUT2D eigenvalue weighted by Crippen LogP contribution is -2.31. The molecule has 1 amide bonds. The number of thiocarbonyl (C=S) groups is 1. The number of pyridine rings is 1. The van der Waals surface area contributed by atoms with Gasteiger partial charge < -0.3 is 14.8 Å². The van der Waals surface area contributed by atoms with E-state index in [-0.39, 0.29) is 11.5 Å². The standard InChI is InChI=1S/C21H26N4O4S2/c1-4-29-10-5-8-22-18-15(19(26)25-13-14(2)6-7-17(25)23-18)12-16-20(27)24(9-11-28-3)21(30)31-16/h6-7,12-13,22H,4-5,8-11H2,1-3H3. The van der Waals surface area contributed by atoms with Gasteiger partial charge in [-0.2, -0.15) is 0 Å². The van der Waals surface area contributed by atoms with Crippen molar-refractivity contribution in [2.75, 3.05) is 45.3 Å². The van der Waals surface area contributed by atoms with Crippen LogP contribution in [0.3, 0.4) is 0 Å². The van der Waals surface area contributed by atoms with Crippen LogP contribution < -0.4 is 10.9 Å². The Morgan fingerprint density at radius 1 is 1.29 bits per heavy atom. The summed E-state index contributed by atoms with van der Waals surface area (Å²) in [6.07, 6.45) is 4.09. The number of hydrogen-bond acceptors (Lipinski definition) is 8. The molecule has 0 radical (unpaired) electrons. The quantitative estimate of drug-likeness (QED) is 0.328. The lowest BCUT2D eigenvalue weighted by atomic mass is 10.2. The predicted octanol–water partition coefficient (Wildman–Crippen LogP) is 2.69. The maximum absolute atomic E-state index is 13.3. The van der Waals surface area contributed by atoms with E-state index in [1.165, 1.54) is 21.1 Å². The Labute approximate surface area is 190 Å². The first-order chi connectivity index (χ1) is 15.0. The molecule has 166 valence electrons. The predicted molar refractivity (Wildman–Crippen MR) is 128 cm³/mol. The van der Waals surface area contributed by atoms with E-state index in [4.69, 9.17) is 21.7 Å². The van der Waals surface area contributed by atoms with Crippen LogP contribution in [0.1, 0.15) is 24.5 Å². The minimum absolute atomic E-state index is 0.233. The third-order valence-electron chi connectivity index (χ3n) is 4.64. The normalized spacial score (nSPS) is 15.5. The third-order valence-corrected chi connectivity index (χ3v) is 6.01. The molecular formula is C21H26N4O4S2. The van der Waals surface area contributed by atoms with E-state index in [9.17, 15) is 9.59 Å². The summed E-state index contributed by atoms with van der Waals surface area (Å²) in [6, 6.07) is 3.71. The van der Waals surface area contributed by atoms with Crippen LogP contribution in [0, 0.1) is 6.92 Å². The number of thioether (sulfide) groups is 1. The second-order valence-electron chi connectivity index (χ2n) is 6.92. The monoisotopic (exact) mass is 462 g/mol. The first-order valence-corrected chi connectivity index (χ1v) is 11.3. The number of hydrogen-bond donors (Lipinski definition) is 1. The molecule has 0 unspecified atom stereocenters. The number of amides is 1. The van der Waals surface area contributed by atoms with E-state index >= 15 is 0 Å². The molecule has 1 N–H and O–H groups in total. The highest BCUT2D eigenvalue weighted by atomic mass is 32.2. The van der Waals surface area contributed by atoms with Gasteiger partial charge >= 0.3 is 0 Å². The van der Waals surface area contributed by atoms with Crippen molar-refractivity contribution in [2.45, 2.75) is 20.3 Å². The Morgan fingerprint density at radius 2 is 2.10 bits per heavy atom. The highest BCUT2D eigenvalue weighted by Crippen LogP contribution is 2.32. The zero-order valence-corrected chi connectivity index (χ0v) is 19.5. The second-order valence-corrected chi connectivity index (χ2v) is 8.59. The summed E-state index contributed by atoms with van der Waals surface area (Å²) < 4.78 is 12.4. The Kier molecular flexibility index (Phi) is 8.19. The summed E-state index contributed by atoms with van der Waals surface area (Å²) in [4.78, 5) is 32.6. The van der Waals surface area contributed by atoms with Crippen LogP contribution in [0.4, 0.5) is 5.82 Å². The first kappa shape index (κ1) is 23.4. The number of nitrogens with zero attached hydrogens (tertiary/aromatic N) is 3. The molecule has 2 aromatic rings. The molecule has 0 bridgehead atoms. The largest absolute Gasteiger partial charge is 0.383 e. The maximum atomic E-state index is 13.3. The van der Waals surface area contributed by atoms with Gasteiger partial charge in [-0.3, -0.25) is 18.9 Å². The minimum atomic E-state index is -0.247. The molecule has 3 heterocycles. The maximum Gasteiger partial charge on any atom is 0.267 e. The number of ether oxygens (including phenoxy) is 2. The van der Waals surface area contributed by atoms with E-state index in [2.05, 4.69) is 10.3 Å². The molecule has 1 aliphatic heterocycles. The average molecular weight is 463 g/mol. The summed E-state index contributed by atoms with van der Waals surface area (Å²) in [5, 5.41) is 3.23. The highest BCUT2D eigenvalue weighted by molar-refractivity contribution is 8.26. The summed E-state index contributed by atoms with van der Waals surface area (Å²) in [5.41, 5.74) is 1.55. The Bertz CT molecular complexity index is 1070. The van der Waals surface area contributed by atoms with Crippen molar-refractivity contribution in [2.24, 2.45) is 0 Å². The van der Waals surface area contributed by atoms with Crippen molar-refractivity contribution >= 4 is 51.7 Å². The molecule has 8 nitrogen and oxygen atoms in total. The number of methoxy groups -OCH3 is 1. The topological polar surface area (TPSA) is 85.2 Å². The van der Waals surface area contributed by atoms with Crippen molar-refractivity contribution < 1.29 is 14.3 Å². The van der Waals surface area contributed by atoms with Crippen LogP contribution in [0.2, 0.25) is 0 Å². The van der Waals surface area contributed by atoms with Crippen LogP contribution in [0.25, 0.3) is 11.7 Å². The van der Waals surface area contributed by atoms with Crippen molar-refractivity contribution in [3.05, 3.63) is 44.7 Å². The molecule has 3 rings (SSSR count). The molecular weight excluding hydrogens is 436 g/mol. The van der Waals surface area contributed by atoms with Gasteiger partial charge in [-0.15, -0.1) is 0 Å². The van der Waals surface area contributed by atoms with Crippen LogP contribution >= 0.6 is 24.0 Å². The molecule has 0 atom stereocenters. The molecule has 1 saturated heterocycles. The second kappa shape index (κ2) is 10.9. The van der Waals surface area contributed by atoms with Crippen molar-refractivity contribution in [3.63, 3.8) is 0 Å². The lowest BCUT2D eigenvalue weighted by molar-refractivity contribution is -0.122. The average Bonchev–Trinajstić information content (AvgIpc) is 3.02. The van der Waals surface area contributed by atoms with E-state index in [1.807, 2.05) is 19.9 Å². The van der Waals surface area contributed by atoms with Gasteiger partial charge in [0.05, 0.1) is 23.6 Å². The SMILES string of the molecule is CCOCCCNc1nc2ccc(C)cn2c(=O)c1C=C1SC(=S)N(CCOC)C1=O. The van der Waals surface area contributed by atoms with Gasteiger partial charge in [-0.05, 0) is 38.0 Å². The number of aryl methyl sites for hydroxylation is 1. The number of anilines is 1. The summed E-state index contributed by atoms with van der Waals surface area (Å²) in [6.45, 7) is 6.47. The zero-order chi connectivity index (χ0) is 22.4. The van der Waals surface area contributed by atoms with Gasteiger partial charge in [0.15, 0.2) is 0 Å². The Balaban J connectivity index is 1.98. The molecule has 1 fully saturated rings. The van der Waals surface area contributed by atoms with Crippen LogP contribution in [-0.4, -0.2) is 64.5 Å². The number of nitrogens with one attached hydrogen (secondary N) is 1. The molecule has 31 heavy (non-hydrogen) atoms. The fourth-order valence-electron chi connectivity index (χ4n) is 3.06. The number of fused-ring (bicyclic) bond motifs is 1. The summed E-state index contributed by atoms with van der Waals surface area (Å²) in [5.74, 6) is 0.204. The number of aromatic nitrogens is 2. The van der Waals surface area contributed by atoms with Gasteiger partial charge in [0.25, 0.3) is 11.5 Å². The van der Waals surface area contributed by atoms with Gasteiger partial charge in [-0.25, -0.2) is 4.98 Å². The van der Waals surface area contributed by atoms with Crippen LogP contribution in [0.15, 0.2) is 28.0 Å². The summed E-state index contributed by atoms with van der Waals surface area (Å²) in [7, 11) is 1.57. The molecule has 10 heteroatoms. The Morgan fingerprint density at radius 3 is 2.84 bits per heavy atom. The van der Waals surface area contributed by atoms with Crippen LogP contribution in [-0.2, 0) is 14.3 Å². The summed E-state index contributed by atoms with van der Waals surface area (Å²) >= 11 is 6.52. The molecule has 0 aliphatic carbocycles. The molecule has 0 saturated carbocycles. The van der Waals surface area contributed by atoms with Gasteiger partial charge in [0, 0.05) is 33.1 Å². The highest BCUT2D eigenvalue weighted by Gasteiger charge is 2.32. The van der Waals surface area contributed by atoms with E-state index in [1.54, 1.807) is 25.4 Å². The zero-order valence-electron chi connectivity index (χ0n) is 17.8. The fraction of sp³-hybridized carbons (Fsp3) is 0.429. The van der Waals surface area contributed by atoms with Gasteiger partial charge in [0.1, 0.15) is 15.8 Å². The lowest BCUT2D eigenvalue weighted by Gasteiger charge is -2.13. The van der Waals surface area contributed by atoms with E-state index < -0.39 is 0 Å². The van der Waals surface area contributed by atoms with Crippen molar-refractivity contribution in [1.82, 2.24) is 14.3 Å². The van der Waals surface area contributed by atoms with Crippen molar-refractivity contribution in [3.8, 4) is 0 Å². The third kappa shape index (κ3) is 5.51. The molecule has 0 aromatic carbocycles.